The summed E-state index contributed by atoms with van der Waals surface area (Å²) in [6, 6.07) is 0. The first-order chi connectivity index (χ1) is 7.25. The van der Waals surface area contributed by atoms with E-state index < -0.39 is 0 Å². The third-order valence-corrected chi connectivity index (χ3v) is 2.17. The van der Waals surface area contributed by atoms with Crippen molar-refractivity contribution in [3.63, 3.8) is 0 Å². The van der Waals surface area contributed by atoms with E-state index in [9.17, 15) is 4.79 Å². The molecule has 1 heterocycles. The van der Waals surface area contributed by atoms with Gasteiger partial charge in [-0.3, -0.25) is 4.79 Å². The van der Waals surface area contributed by atoms with E-state index in [1.54, 1.807) is 0 Å². The molecular formula is C13H26O3. The van der Waals surface area contributed by atoms with Crippen LogP contribution in [0.5, 0.6) is 0 Å². The van der Waals surface area contributed by atoms with Gasteiger partial charge in [0.25, 0.3) is 0 Å². The molecule has 0 amide bonds. The Labute approximate surface area is 99.5 Å². The lowest BCUT2D eigenvalue weighted by molar-refractivity contribution is -0.177. The first-order valence-corrected chi connectivity index (χ1v) is 6.07. The molecule has 16 heavy (non-hydrogen) atoms. The van der Waals surface area contributed by atoms with Crippen LogP contribution in [0.15, 0.2) is 0 Å². The van der Waals surface area contributed by atoms with Gasteiger partial charge in [0.05, 0.1) is 5.60 Å². The van der Waals surface area contributed by atoms with E-state index in [0.29, 0.717) is 0 Å². The number of hydrogen-bond donors (Lipinski definition) is 0. The minimum absolute atomic E-state index is 0.0799. The predicted octanol–water partition coefficient (Wildman–Crippen LogP) is 3.17. The van der Waals surface area contributed by atoms with Crippen molar-refractivity contribution in [1.29, 1.82) is 0 Å². The fourth-order valence-corrected chi connectivity index (χ4v) is 1.45. The zero-order valence-electron chi connectivity index (χ0n) is 11.5. The number of carbonyl (C=O) groups excluding carboxylic acids is 1. The van der Waals surface area contributed by atoms with E-state index in [1.165, 1.54) is 6.92 Å². The highest BCUT2D eigenvalue weighted by Crippen LogP contribution is 2.26. The maximum absolute atomic E-state index is 10.7. The second-order valence-electron chi connectivity index (χ2n) is 5.42. The summed E-state index contributed by atoms with van der Waals surface area (Å²) in [6.07, 6.45) is 1.80. The van der Waals surface area contributed by atoms with Crippen LogP contribution in [0.25, 0.3) is 0 Å². The zero-order chi connectivity index (χ0) is 12.8. The fourth-order valence-electron chi connectivity index (χ4n) is 1.45. The molecule has 0 saturated carbocycles. The van der Waals surface area contributed by atoms with Crippen molar-refractivity contribution in [2.75, 3.05) is 6.61 Å². The molecule has 1 saturated heterocycles. The summed E-state index contributed by atoms with van der Waals surface area (Å²) < 4.78 is 10.6. The highest BCUT2D eigenvalue weighted by Gasteiger charge is 2.35. The molecule has 0 aromatic carbocycles. The summed E-state index contributed by atoms with van der Waals surface area (Å²) in [5, 5.41) is 0. The van der Waals surface area contributed by atoms with Crippen molar-refractivity contribution in [3.05, 3.63) is 0 Å². The van der Waals surface area contributed by atoms with E-state index >= 15 is 0 Å². The van der Waals surface area contributed by atoms with E-state index in [1.807, 2.05) is 13.8 Å². The van der Waals surface area contributed by atoms with Crippen LogP contribution in [0.1, 0.15) is 54.4 Å². The maximum atomic E-state index is 10.7. The Kier molecular flexibility index (Phi) is 6.65. The van der Waals surface area contributed by atoms with Crippen molar-refractivity contribution in [2.24, 2.45) is 5.92 Å². The molecule has 1 rings (SSSR count). The number of hydrogen-bond acceptors (Lipinski definition) is 3. The second-order valence-corrected chi connectivity index (χ2v) is 5.42. The predicted molar refractivity (Wildman–Crippen MR) is 65.3 cm³/mol. The van der Waals surface area contributed by atoms with Crippen molar-refractivity contribution < 1.29 is 14.3 Å². The van der Waals surface area contributed by atoms with Gasteiger partial charge in [-0.25, -0.2) is 0 Å². The fraction of sp³-hybridized carbons (Fsp3) is 0.923. The number of rotatable bonds is 1. The van der Waals surface area contributed by atoms with Crippen molar-refractivity contribution in [2.45, 2.75) is 66.1 Å². The molecule has 0 unspecified atom stereocenters. The number of carbonyl (C=O) groups is 1. The molecule has 3 nitrogen and oxygen atoms in total. The van der Waals surface area contributed by atoms with Crippen LogP contribution < -0.4 is 0 Å². The van der Waals surface area contributed by atoms with Gasteiger partial charge in [-0.15, -0.1) is 0 Å². The van der Waals surface area contributed by atoms with E-state index in [4.69, 9.17) is 9.47 Å². The van der Waals surface area contributed by atoms with Gasteiger partial charge in [-0.2, -0.15) is 0 Å². The summed E-state index contributed by atoms with van der Waals surface area (Å²) in [5.74, 6) is 0.610. The van der Waals surface area contributed by atoms with Crippen LogP contribution in [-0.2, 0) is 14.3 Å². The zero-order valence-corrected chi connectivity index (χ0v) is 11.5. The third-order valence-electron chi connectivity index (χ3n) is 2.17. The molecule has 1 aliphatic rings. The van der Waals surface area contributed by atoms with Gasteiger partial charge in [0.15, 0.2) is 0 Å². The van der Waals surface area contributed by atoms with E-state index in [2.05, 4.69) is 20.8 Å². The van der Waals surface area contributed by atoms with Gasteiger partial charge in [-0.1, -0.05) is 20.8 Å². The van der Waals surface area contributed by atoms with Crippen LogP contribution in [0.4, 0.5) is 0 Å². The highest BCUT2D eigenvalue weighted by atomic mass is 16.6. The third kappa shape index (κ3) is 6.83. The van der Waals surface area contributed by atoms with Gasteiger partial charge in [0.1, 0.15) is 6.10 Å². The summed E-state index contributed by atoms with van der Waals surface area (Å²) >= 11 is 0. The SMILES string of the molecule is CC(=O)O[C@H]1CCCOC1(C)C.CC(C)C. The normalized spacial score (nSPS) is 23.3. The molecule has 0 aromatic rings. The molecule has 0 radical (unpaired) electrons. The minimum Gasteiger partial charge on any atom is -0.460 e. The van der Waals surface area contributed by atoms with Crippen LogP contribution in [-0.4, -0.2) is 24.3 Å². The van der Waals surface area contributed by atoms with Gasteiger partial charge in [0.2, 0.25) is 0 Å². The van der Waals surface area contributed by atoms with Gasteiger partial charge >= 0.3 is 5.97 Å². The number of esters is 1. The summed E-state index contributed by atoms with van der Waals surface area (Å²) in [4.78, 5) is 10.7. The quantitative estimate of drug-likeness (QED) is 0.649. The molecule has 1 aliphatic heterocycles. The molecule has 1 fully saturated rings. The van der Waals surface area contributed by atoms with Gasteiger partial charge < -0.3 is 9.47 Å². The second kappa shape index (κ2) is 6.89. The Bertz CT molecular complexity index is 206. The van der Waals surface area contributed by atoms with Crippen molar-refractivity contribution >= 4 is 5.97 Å². The number of ether oxygens (including phenoxy) is 2. The molecule has 0 spiro atoms. The van der Waals surface area contributed by atoms with Crippen LogP contribution in [0.2, 0.25) is 0 Å². The Morgan fingerprint density at radius 2 is 1.88 bits per heavy atom. The lowest BCUT2D eigenvalue weighted by atomic mass is 9.94. The lowest BCUT2D eigenvalue weighted by Gasteiger charge is -2.37. The van der Waals surface area contributed by atoms with Crippen molar-refractivity contribution in [3.8, 4) is 0 Å². The molecular weight excluding hydrogens is 204 g/mol. The molecule has 0 N–H and O–H groups in total. The average Bonchev–Trinajstić information content (AvgIpc) is 2.07. The molecule has 1 atom stereocenters. The first kappa shape index (κ1) is 15.4. The van der Waals surface area contributed by atoms with E-state index in [0.717, 1.165) is 25.4 Å². The Morgan fingerprint density at radius 1 is 1.38 bits per heavy atom. The first-order valence-electron chi connectivity index (χ1n) is 6.07. The largest absolute Gasteiger partial charge is 0.460 e. The molecule has 96 valence electrons. The summed E-state index contributed by atoms with van der Waals surface area (Å²) in [5.41, 5.74) is -0.316. The van der Waals surface area contributed by atoms with Crippen molar-refractivity contribution in [1.82, 2.24) is 0 Å². The maximum Gasteiger partial charge on any atom is 0.303 e. The Morgan fingerprint density at radius 3 is 2.25 bits per heavy atom. The minimum atomic E-state index is -0.316. The topological polar surface area (TPSA) is 35.5 Å². The monoisotopic (exact) mass is 230 g/mol. The van der Waals surface area contributed by atoms with E-state index in [-0.39, 0.29) is 17.7 Å². The Balaban J connectivity index is 0.000000487. The molecule has 0 aromatic heterocycles. The van der Waals surface area contributed by atoms with Crippen LogP contribution in [0.3, 0.4) is 0 Å². The molecule has 3 heteroatoms. The average molecular weight is 230 g/mol. The summed E-state index contributed by atoms with van der Waals surface area (Å²) in [7, 11) is 0. The molecule has 0 bridgehead atoms. The van der Waals surface area contributed by atoms with Gasteiger partial charge in [-0.05, 0) is 32.6 Å². The highest BCUT2D eigenvalue weighted by molar-refractivity contribution is 5.66. The van der Waals surface area contributed by atoms with Gasteiger partial charge in [0, 0.05) is 13.5 Å². The van der Waals surface area contributed by atoms with Crippen LogP contribution >= 0.6 is 0 Å². The Hall–Kier alpha value is -0.570. The standard InChI is InChI=1S/C9H16O3.C4H10/c1-7(10)12-8-5-4-6-11-9(8,2)3;1-4(2)3/h8H,4-6H2,1-3H3;4H,1-3H3/t8-;/m0./s1. The van der Waals surface area contributed by atoms with Crippen LogP contribution in [0, 0.1) is 5.92 Å². The molecule has 0 aliphatic carbocycles. The lowest BCUT2D eigenvalue weighted by Crippen LogP contribution is -2.45. The summed E-state index contributed by atoms with van der Waals surface area (Å²) in [6.45, 7) is 12.6. The smallest absolute Gasteiger partial charge is 0.303 e.